The van der Waals surface area contributed by atoms with E-state index in [1.807, 2.05) is 6.92 Å². The lowest BCUT2D eigenvalue weighted by molar-refractivity contribution is 0.482. The fourth-order valence-corrected chi connectivity index (χ4v) is 2.02. The molecule has 1 aromatic carbocycles. The molecule has 0 atom stereocenters. The van der Waals surface area contributed by atoms with Crippen LogP contribution in [0.1, 0.15) is 12.5 Å². The van der Waals surface area contributed by atoms with Crippen LogP contribution in [0.15, 0.2) is 23.1 Å². The molecule has 0 radical (unpaired) electrons. The van der Waals surface area contributed by atoms with E-state index in [0.29, 0.717) is 12.1 Å². The molecule has 78 valence electrons. The van der Waals surface area contributed by atoms with Crippen LogP contribution < -0.4 is 5.32 Å². The van der Waals surface area contributed by atoms with E-state index in [1.54, 1.807) is 19.1 Å². The largest absolute Gasteiger partial charge is 0.385 e. The van der Waals surface area contributed by atoms with Gasteiger partial charge in [-0.15, -0.1) is 0 Å². The molecule has 0 fully saturated rings. The number of hydrogen-bond acceptors (Lipinski definition) is 3. The van der Waals surface area contributed by atoms with Crippen LogP contribution in [0, 0.1) is 6.92 Å². The van der Waals surface area contributed by atoms with Crippen LogP contribution in [-0.2, 0) is 10.1 Å². The summed E-state index contributed by atoms with van der Waals surface area (Å²) in [7, 11) is -4.11. The molecule has 0 heterocycles. The van der Waals surface area contributed by atoms with E-state index in [4.69, 9.17) is 4.55 Å². The van der Waals surface area contributed by atoms with Gasteiger partial charge in [0.15, 0.2) is 0 Å². The standard InChI is InChI=1S/C9H13NO3S/c1-3-10-8-5-4-6-9(7(8)2)14(11,12)13/h4-6,10H,3H2,1-2H3,(H,11,12,13). The van der Waals surface area contributed by atoms with Crippen molar-refractivity contribution in [2.75, 3.05) is 11.9 Å². The highest BCUT2D eigenvalue weighted by Gasteiger charge is 2.14. The van der Waals surface area contributed by atoms with Crippen LogP contribution in [0.25, 0.3) is 0 Å². The molecular weight excluding hydrogens is 202 g/mol. The molecular formula is C9H13NO3S. The third kappa shape index (κ3) is 2.24. The second-order valence-corrected chi connectivity index (χ2v) is 4.32. The molecule has 14 heavy (non-hydrogen) atoms. The molecule has 0 aliphatic carbocycles. The van der Waals surface area contributed by atoms with Crippen molar-refractivity contribution in [3.05, 3.63) is 23.8 Å². The summed E-state index contributed by atoms with van der Waals surface area (Å²) in [5.74, 6) is 0. The van der Waals surface area contributed by atoms with Gasteiger partial charge in [0.2, 0.25) is 0 Å². The Hall–Kier alpha value is -1.07. The molecule has 0 unspecified atom stereocenters. The summed E-state index contributed by atoms with van der Waals surface area (Å²) in [6.07, 6.45) is 0. The van der Waals surface area contributed by atoms with Crippen LogP contribution in [0.4, 0.5) is 5.69 Å². The zero-order valence-electron chi connectivity index (χ0n) is 8.11. The maximum atomic E-state index is 10.9. The Morgan fingerprint density at radius 2 is 2.07 bits per heavy atom. The molecule has 0 aliphatic rings. The minimum Gasteiger partial charge on any atom is -0.385 e. The van der Waals surface area contributed by atoms with Crippen molar-refractivity contribution in [3.63, 3.8) is 0 Å². The van der Waals surface area contributed by atoms with Gasteiger partial charge in [-0.25, -0.2) is 0 Å². The highest BCUT2D eigenvalue weighted by molar-refractivity contribution is 7.85. The van der Waals surface area contributed by atoms with Crippen molar-refractivity contribution in [1.82, 2.24) is 0 Å². The van der Waals surface area contributed by atoms with E-state index < -0.39 is 10.1 Å². The second-order valence-electron chi connectivity index (χ2n) is 2.93. The molecule has 1 aromatic rings. The maximum Gasteiger partial charge on any atom is 0.294 e. The van der Waals surface area contributed by atoms with Crippen LogP contribution in [0.2, 0.25) is 0 Å². The third-order valence-electron chi connectivity index (χ3n) is 1.93. The molecule has 0 aromatic heterocycles. The topological polar surface area (TPSA) is 66.4 Å². The summed E-state index contributed by atoms with van der Waals surface area (Å²) in [6.45, 7) is 4.27. The zero-order valence-corrected chi connectivity index (χ0v) is 8.93. The van der Waals surface area contributed by atoms with Crippen LogP contribution in [0.3, 0.4) is 0 Å². The van der Waals surface area contributed by atoms with Gasteiger partial charge in [-0.1, -0.05) is 6.07 Å². The average molecular weight is 215 g/mol. The van der Waals surface area contributed by atoms with Crippen molar-refractivity contribution >= 4 is 15.8 Å². The Labute approximate surface area is 83.7 Å². The van der Waals surface area contributed by atoms with E-state index in [-0.39, 0.29) is 4.90 Å². The number of anilines is 1. The zero-order chi connectivity index (χ0) is 10.8. The molecule has 5 heteroatoms. The van der Waals surface area contributed by atoms with Gasteiger partial charge in [-0.05, 0) is 31.5 Å². The van der Waals surface area contributed by atoms with Gasteiger partial charge in [-0.2, -0.15) is 8.42 Å². The van der Waals surface area contributed by atoms with Gasteiger partial charge in [0.25, 0.3) is 10.1 Å². The monoisotopic (exact) mass is 215 g/mol. The van der Waals surface area contributed by atoms with E-state index in [0.717, 1.165) is 5.69 Å². The van der Waals surface area contributed by atoms with E-state index in [1.165, 1.54) is 6.07 Å². The van der Waals surface area contributed by atoms with E-state index in [9.17, 15) is 8.42 Å². The first-order chi connectivity index (χ1) is 6.46. The Morgan fingerprint density at radius 1 is 1.43 bits per heavy atom. The summed E-state index contributed by atoms with van der Waals surface area (Å²) in [5, 5.41) is 3.01. The lowest BCUT2D eigenvalue weighted by atomic mass is 10.2. The Kier molecular flexibility index (Phi) is 3.13. The predicted octanol–water partition coefficient (Wildman–Crippen LogP) is 1.67. The highest BCUT2D eigenvalue weighted by Crippen LogP contribution is 2.22. The van der Waals surface area contributed by atoms with Crippen molar-refractivity contribution < 1.29 is 13.0 Å². The Bertz CT molecular complexity index is 426. The summed E-state index contributed by atoms with van der Waals surface area (Å²) in [4.78, 5) is -0.0454. The Morgan fingerprint density at radius 3 is 2.57 bits per heavy atom. The summed E-state index contributed by atoms with van der Waals surface area (Å²) in [6, 6.07) is 4.74. The molecule has 0 spiro atoms. The number of hydrogen-bond donors (Lipinski definition) is 2. The van der Waals surface area contributed by atoms with Crippen LogP contribution in [0.5, 0.6) is 0 Å². The fraction of sp³-hybridized carbons (Fsp3) is 0.333. The first-order valence-corrected chi connectivity index (χ1v) is 5.71. The predicted molar refractivity (Wildman–Crippen MR) is 55.2 cm³/mol. The van der Waals surface area contributed by atoms with Gasteiger partial charge < -0.3 is 5.32 Å². The molecule has 2 N–H and O–H groups in total. The number of rotatable bonds is 3. The van der Waals surface area contributed by atoms with Gasteiger partial charge in [-0.3, -0.25) is 4.55 Å². The minimum atomic E-state index is -4.11. The molecule has 0 aliphatic heterocycles. The average Bonchev–Trinajstić information content (AvgIpc) is 2.07. The molecule has 0 saturated carbocycles. The highest BCUT2D eigenvalue weighted by atomic mass is 32.2. The molecule has 1 rings (SSSR count). The summed E-state index contributed by atoms with van der Waals surface area (Å²) < 4.78 is 30.8. The van der Waals surface area contributed by atoms with Crippen molar-refractivity contribution in [2.24, 2.45) is 0 Å². The van der Waals surface area contributed by atoms with Crippen LogP contribution >= 0.6 is 0 Å². The normalized spacial score (nSPS) is 11.4. The minimum absolute atomic E-state index is 0.0454. The lowest BCUT2D eigenvalue weighted by Gasteiger charge is -2.09. The first kappa shape index (κ1) is 11.0. The van der Waals surface area contributed by atoms with Gasteiger partial charge >= 0.3 is 0 Å². The quantitative estimate of drug-likeness (QED) is 0.753. The third-order valence-corrected chi connectivity index (χ3v) is 2.93. The van der Waals surface area contributed by atoms with Crippen molar-refractivity contribution in [2.45, 2.75) is 18.7 Å². The Balaban J connectivity index is 3.28. The fourth-order valence-electron chi connectivity index (χ4n) is 1.28. The van der Waals surface area contributed by atoms with E-state index in [2.05, 4.69) is 5.32 Å². The SMILES string of the molecule is CCNc1cccc(S(=O)(=O)O)c1C. The van der Waals surface area contributed by atoms with Gasteiger partial charge in [0, 0.05) is 12.2 Å². The smallest absolute Gasteiger partial charge is 0.294 e. The first-order valence-electron chi connectivity index (χ1n) is 4.27. The molecule has 4 nitrogen and oxygen atoms in total. The molecule has 0 bridgehead atoms. The van der Waals surface area contributed by atoms with E-state index >= 15 is 0 Å². The van der Waals surface area contributed by atoms with Gasteiger partial charge in [0.1, 0.15) is 0 Å². The van der Waals surface area contributed by atoms with Crippen molar-refractivity contribution in [3.8, 4) is 0 Å². The maximum absolute atomic E-state index is 10.9. The van der Waals surface area contributed by atoms with Crippen molar-refractivity contribution in [1.29, 1.82) is 0 Å². The summed E-state index contributed by atoms with van der Waals surface area (Å²) >= 11 is 0. The van der Waals surface area contributed by atoms with Gasteiger partial charge in [0.05, 0.1) is 4.90 Å². The second kappa shape index (κ2) is 3.98. The number of benzene rings is 1. The van der Waals surface area contributed by atoms with Crippen LogP contribution in [-0.4, -0.2) is 19.5 Å². The lowest BCUT2D eigenvalue weighted by Crippen LogP contribution is -2.05. The molecule has 0 saturated heterocycles. The number of nitrogens with one attached hydrogen (secondary N) is 1. The summed E-state index contributed by atoms with van der Waals surface area (Å²) in [5.41, 5.74) is 1.26. The molecule has 0 amide bonds.